The van der Waals surface area contributed by atoms with Gasteiger partial charge < -0.3 is 10.5 Å². The number of methoxy groups -OCH3 is 1. The van der Waals surface area contributed by atoms with Crippen molar-refractivity contribution in [3.05, 3.63) is 23.3 Å². The topological polar surface area (TPSA) is 52.3 Å². The highest BCUT2D eigenvalue weighted by Crippen LogP contribution is 2.24. The van der Waals surface area contributed by atoms with Crippen molar-refractivity contribution in [2.75, 3.05) is 7.11 Å². The first-order chi connectivity index (χ1) is 6.20. The number of primary amides is 1. The molecule has 3 nitrogen and oxygen atoms in total. The number of ether oxygens (including phenoxy) is 1. The Morgan fingerprint density at radius 2 is 2.46 bits per heavy atom. The zero-order chi connectivity index (χ0) is 9.84. The first kappa shape index (κ1) is 9.99. The fourth-order valence-corrected chi connectivity index (χ4v) is 1.63. The van der Waals surface area contributed by atoms with E-state index >= 15 is 0 Å². The summed E-state index contributed by atoms with van der Waals surface area (Å²) in [5.74, 6) is -0.366. The maximum absolute atomic E-state index is 11.0. The van der Waals surface area contributed by atoms with Gasteiger partial charge in [0.1, 0.15) is 0 Å². The lowest BCUT2D eigenvalue weighted by Crippen LogP contribution is -2.23. The number of rotatable bonds is 3. The highest BCUT2D eigenvalue weighted by Gasteiger charge is 2.20. The lowest BCUT2D eigenvalue weighted by Gasteiger charge is -2.21. The zero-order valence-corrected chi connectivity index (χ0v) is 8.04. The fourth-order valence-electron chi connectivity index (χ4n) is 1.63. The third-order valence-electron chi connectivity index (χ3n) is 2.30. The van der Waals surface area contributed by atoms with Crippen LogP contribution in [-0.4, -0.2) is 19.1 Å². The molecule has 0 aromatic rings. The van der Waals surface area contributed by atoms with Gasteiger partial charge in [-0.3, -0.25) is 4.79 Å². The van der Waals surface area contributed by atoms with Crippen molar-refractivity contribution in [3.8, 4) is 0 Å². The van der Waals surface area contributed by atoms with E-state index in [1.807, 2.05) is 13.0 Å². The third-order valence-corrected chi connectivity index (χ3v) is 2.30. The minimum atomic E-state index is -0.366. The molecule has 1 rings (SSSR count). The average molecular weight is 181 g/mol. The predicted octanol–water partition coefficient (Wildman–Crippen LogP) is 1.15. The molecule has 13 heavy (non-hydrogen) atoms. The number of hydrogen-bond acceptors (Lipinski definition) is 2. The Morgan fingerprint density at radius 3 is 2.92 bits per heavy atom. The number of nitrogens with two attached hydrogens (primary N) is 1. The molecule has 0 fully saturated rings. The minimum absolute atomic E-state index is 0.0255. The fraction of sp³-hybridized carbons (Fsp3) is 0.500. The largest absolute Gasteiger partial charge is 0.377 e. The van der Waals surface area contributed by atoms with Gasteiger partial charge in [-0.05, 0) is 18.4 Å². The molecule has 1 unspecified atom stereocenters. The van der Waals surface area contributed by atoms with Crippen molar-refractivity contribution < 1.29 is 9.53 Å². The van der Waals surface area contributed by atoms with Crippen molar-refractivity contribution in [1.29, 1.82) is 0 Å². The van der Waals surface area contributed by atoms with Crippen LogP contribution in [0.2, 0.25) is 0 Å². The molecule has 0 aromatic carbocycles. The van der Waals surface area contributed by atoms with Crippen molar-refractivity contribution in [2.45, 2.75) is 25.9 Å². The van der Waals surface area contributed by atoms with Crippen LogP contribution in [-0.2, 0) is 9.53 Å². The number of carbonyl (C=O) groups excluding carboxylic acids is 1. The Hall–Kier alpha value is -1.09. The van der Waals surface area contributed by atoms with Crippen LogP contribution in [0.1, 0.15) is 19.8 Å². The second-order valence-corrected chi connectivity index (χ2v) is 3.02. The third kappa shape index (κ3) is 1.98. The van der Waals surface area contributed by atoms with E-state index in [1.165, 1.54) is 0 Å². The van der Waals surface area contributed by atoms with Gasteiger partial charge in [0.25, 0.3) is 0 Å². The summed E-state index contributed by atoms with van der Waals surface area (Å²) >= 11 is 0. The van der Waals surface area contributed by atoms with Crippen LogP contribution in [0, 0.1) is 0 Å². The molecule has 0 spiro atoms. The summed E-state index contributed by atoms with van der Waals surface area (Å²) in [6.45, 7) is 2.00. The van der Waals surface area contributed by atoms with E-state index in [-0.39, 0.29) is 12.0 Å². The Bertz CT molecular complexity index is 266. The quantitative estimate of drug-likeness (QED) is 0.710. The van der Waals surface area contributed by atoms with E-state index in [1.54, 1.807) is 13.2 Å². The monoisotopic (exact) mass is 181 g/mol. The summed E-state index contributed by atoms with van der Waals surface area (Å²) in [7, 11) is 1.65. The Morgan fingerprint density at radius 1 is 1.77 bits per heavy atom. The van der Waals surface area contributed by atoms with E-state index in [2.05, 4.69) is 0 Å². The normalized spacial score (nSPS) is 22.2. The number of amides is 1. The molecule has 3 heteroatoms. The molecule has 0 aromatic heterocycles. The minimum Gasteiger partial charge on any atom is -0.377 e. The van der Waals surface area contributed by atoms with Crippen LogP contribution >= 0.6 is 0 Å². The summed E-state index contributed by atoms with van der Waals surface area (Å²) in [5.41, 5.74) is 6.87. The van der Waals surface area contributed by atoms with E-state index in [0.717, 1.165) is 18.4 Å². The maximum atomic E-state index is 11.0. The predicted molar refractivity (Wildman–Crippen MR) is 51.1 cm³/mol. The lowest BCUT2D eigenvalue weighted by atomic mass is 9.92. The molecular formula is C10H15NO2. The van der Waals surface area contributed by atoms with Gasteiger partial charge in [-0.15, -0.1) is 0 Å². The number of hydrogen-bond donors (Lipinski definition) is 1. The first-order valence-electron chi connectivity index (χ1n) is 4.42. The van der Waals surface area contributed by atoms with Crippen LogP contribution in [0.25, 0.3) is 0 Å². The van der Waals surface area contributed by atoms with E-state index < -0.39 is 0 Å². The smallest absolute Gasteiger partial charge is 0.248 e. The molecule has 0 saturated carbocycles. The number of carbonyl (C=O) groups is 1. The molecule has 0 bridgehead atoms. The van der Waals surface area contributed by atoms with Crippen LogP contribution in [0.3, 0.4) is 0 Å². The highest BCUT2D eigenvalue weighted by molar-refractivity contribution is 5.96. The SMILES string of the molecule is CCC1=C(C(N)=O)C=CCC1OC. The van der Waals surface area contributed by atoms with Gasteiger partial charge in [0.05, 0.1) is 6.10 Å². The van der Waals surface area contributed by atoms with E-state index in [0.29, 0.717) is 5.57 Å². The molecule has 0 radical (unpaired) electrons. The van der Waals surface area contributed by atoms with Gasteiger partial charge >= 0.3 is 0 Å². The molecule has 0 heterocycles. The molecule has 72 valence electrons. The molecule has 1 amide bonds. The first-order valence-corrected chi connectivity index (χ1v) is 4.42. The Balaban J connectivity index is 3.01. The van der Waals surface area contributed by atoms with Crippen LogP contribution in [0.5, 0.6) is 0 Å². The van der Waals surface area contributed by atoms with Gasteiger partial charge in [-0.2, -0.15) is 0 Å². The Kier molecular flexibility index (Phi) is 3.25. The zero-order valence-electron chi connectivity index (χ0n) is 8.04. The molecule has 0 saturated heterocycles. The van der Waals surface area contributed by atoms with Crippen LogP contribution in [0.15, 0.2) is 23.3 Å². The standard InChI is InChI=1S/C10H15NO2/c1-3-7-8(10(11)12)5-4-6-9(7)13-2/h4-5,9H,3,6H2,1-2H3,(H2,11,12). The van der Waals surface area contributed by atoms with Gasteiger partial charge in [-0.25, -0.2) is 0 Å². The van der Waals surface area contributed by atoms with Crippen LogP contribution < -0.4 is 5.73 Å². The van der Waals surface area contributed by atoms with Gasteiger partial charge in [0, 0.05) is 12.7 Å². The molecular weight excluding hydrogens is 166 g/mol. The van der Waals surface area contributed by atoms with Crippen molar-refractivity contribution in [2.24, 2.45) is 5.73 Å². The van der Waals surface area contributed by atoms with Crippen LogP contribution in [0.4, 0.5) is 0 Å². The van der Waals surface area contributed by atoms with Gasteiger partial charge in [-0.1, -0.05) is 19.1 Å². The van der Waals surface area contributed by atoms with Crippen molar-refractivity contribution >= 4 is 5.91 Å². The Labute approximate surface area is 78.3 Å². The summed E-state index contributed by atoms with van der Waals surface area (Å²) < 4.78 is 5.26. The molecule has 0 aliphatic heterocycles. The van der Waals surface area contributed by atoms with Gasteiger partial charge in [0.2, 0.25) is 5.91 Å². The molecule has 1 aliphatic carbocycles. The molecule has 1 aliphatic rings. The second kappa shape index (κ2) is 4.23. The summed E-state index contributed by atoms with van der Waals surface area (Å²) in [4.78, 5) is 11.0. The summed E-state index contributed by atoms with van der Waals surface area (Å²) in [5, 5.41) is 0. The summed E-state index contributed by atoms with van der Waals surface area (Å²) in [6.07, 6.45) is 5.37. The summed E-state index contributed by atoms with van der Waals surface area (Å²) in [6, 6.07) is 0. The van der Waals surface area contributed by atoms with Crippen molar-refractivity contribution in [3.63, 3.8) is 0 Å². The van der Waals surface area contributed by atoms with Crippen molar-refractivity contribution in [1.82, 2.24) is 0 Å². The van der Waals surface area contributed by atoms with Gasteiger partial charge in [0.15, 0.2) is 0 Å². The molecule has 2 N–H and O–H groups in total. The lowest BCUT2D eigenvalue weighted by molar-refractivity contribution is -0.114. The second-order valence-electron chi connectivity index (χ2n) is 3.02. The van der Waals surface area contributed by atoms with E-state index in [4.69, 9.17) is 10.5 Å². The highest BCUT2D eigenvalue weighted by atomic mass is 16.5. The average Bonchev–Trinajstić information content (AvgIpc) is 2.16. The molecule has 1 atom stereocenters. The maximum Gasteiger partial charge on any atom is 0.248 e. The van der Waals surface area contributed by atoms with E-state index in [9.17, 15) is 4.79 Å².